The molecule has 0 fully saturated rings. The average molecular weight is 279 g/mol. The third kappa shape index (κ3) is 3.87. The summed E-state index contributed by atoms with van der Waals surface area (Å²) in [5.74, 6) is 3.70. The predicted octanol–water partition coefficient (Wildman–Crippen LogP) is 3.77. The summed E-state index contributed by atoms with van der Waals surface area (Å²) in [6.45, 7) is 2.25. The van der Waals surface area contributed by atoms with Crippen molar-refractivity contribution in [2.45, 2.75) is 6.92 Å². The standard InChI is InChI=1S/C18H17NO2/c1-4-11-21-17-10-9-15(12-18(17)20-3)13-19-16-8-6-5-7-14(16)2/h1,5-10,12-13H,11H2,2-3H3. The summed E-state index contributed by atoms with van der Waals surface area (Å²) in [7, 11) is 1.60. The summed E-state index contributed by atoms with van der Waals surface area (Å²) in [6.07, 6.45) is 6.99. The molecule has 0 heterocycles. The molecule has 0 aliphatic rings. The Bertz CT molecular complexity index is 684. The van der Waals surface area contributed by atoms with Gasteiger partial charge in [0.05, 0.1) is 12.8 Å². The quantitative estimate of drug-likeness (QED) is 0.616. The van der Waals surface area contributed by atoms with E-state index in [2.05, 4.69) is 10.9 Å². The molecule has 0 unspecified atom stereocenters. The van der Waals surface area contributed by atoms with Crippen molar-refractivity contribution in [1.29, 1.82) is 0 Å². The van der Waals surface area contributed by atoms with Gasteiger partial charge in [0.25, 0.3) is 0 Å². The lowest BCUT2D eigenvalue weighted by molar-refractivity contribution is 0.331. The second-order valence-corrected chi connectivity index (χ2v) is 4.45. The van der Waals surface area contributed by atoms with Crippen LogP contribution in [0.15, 0.2) is 47.5 Å². The van der Waals surface area contributed by atoms with E-state index >= 15 is 0 Å². The first-order valence-corrected chi connectivity index (χ1v) is 6.58. The molecule has 106 valence electrons. The number of methoxy groups -OCH3 is 1. The molecular weight excluding hydrogens is 262 g/mol. The number of benzene rings is 2. The molecule has 0 radical (unpaired) electrons. The van der Waals surface area contributed by atoms with E-state index in [0.717, 1.165) is 16.8 Å². The second-order valence-electron chi connectivity index (χ2n) is 4.45. The number of para-hydroxylation sites is 1. The largest absolute Gasteiger partial charge is 0.493 e. The normalized spacial score (nSPS) is 10.3. The first-order chi connectivity index (χ1) is 10.2. The lowest BCUT2D eigenvalue weighted by atomic mass is 10.2. The van der Waals surface area contributed by atoms with Crippen LogP contribution in [-0.2, 0) is 0 Å². The van der Waals surface area contributed by atoms with Crippen LogP contribution in [0, 0.1) is 19.3 Å². The first-order valence-electron chi connectivity index (χ1n) is 6.58. The lowest BCUT2D eigenvalue weighted by Crippen LogP contribution is -1.97. The van der Waals surface area contributed by atoms with Crippen LogP contribution >= 0.6 is 0 Å². The Kier molecular flexibility index (Phi) is 5.00. The fraction of sp³-hybridized carbons (Fsp3) is 0.167. The van der Waals surface area contributed by atoms with Gasteiger partial charge in [-0.25, -0.2) is 0 Å². The summed E-state index contributed by atoms with van der Waals surface area (Å²) >= 11 is 0. The Morgan fingerprint density at radius 2 is 2.00 bits per heavy atom. The molecule has 0 atom stereocenters. The molecule has 0 spiro atoms. The van der Waals surface area contributed by atoms with Gasteiger partial charge in [-0.3, -0.25) is 4.99 Å². The van der Waals surface area contributed by atoms with E-state index in [0.29, 0.717) is 11.5 Å². The van der Waals surface area contributed by atoms with Crippen LogP contribution in [0.3, 0.4) is 0 Å². The van der Waals surface area contributed by atoms with E-state index in [1.807, 2.05) is 49.4 Å². The van der Waals surface area contributed by atoms with Crippen LogP contribution in [0.2, 0.25) is 0 Å². The number of nitrogens with zero attached hydrogens (tertiary/aromatic N) is 1. The van der Waals surface area contributed by atoms with Crippen LogP contribution in [0.25, 0.3) is 0 Å². The molecule has 3 nitrogen and oxygen atoms in total. The van der Waals surface area contributed by atoms with Crippen molar-refractivity contribution in [3.05, 3.63) is 53.6 Å². The molecule has 21 heavy (non-hydrogen) atoms. The SMILES string of the molecule is C#CCOc1ccc(C=Nc2ccccc2C)cc1OC. The van der Waals surface area contributed by atoms with Gasteiger partial charge >= 0.3 is 0 Å². The topological polar surface area (TPSA) is 30.8 Å². The van der Waals surface area contributed by atoms with Gasteiger partial charge in [0.1, 0.15) is 6.61 Å². The maximum Gasteiger partial charge on any atom is 0.162 e. The molecule has 2 aromatic carbocycles. The van der Waals surface area contributed by atoms with Gasteiger partial charge < -0.3 is 9.47 Å². The first kappa shape index (κ1) is 14.7. The number of hydrogen-bond donors (Lipinski definition) is 0. The van der Waals surface area contributed by atoms with Crippen LogP contribution < -0.4 is 9.47 Å². The molecule has 2 rings (SSSR count). The Morgan fingerprint density at radius 1 is 1.19 bits per heavy atom. The summed E-state index contributed by atoms with van der Waals surface area (Å²) in [5, 5.41) is 0. The maximum absolute atomic E-state index is 5.41. The number of rotatable bonds is 5. The molecule has 0 amide bonds. The molecule has 0 aromatic heterocycles. The lowest BCUT2D eigenvalue weighted by Gasteiger charge is -2.09. The zero-order valence-corrected chi connectivity index (χ0v) is 12.2. The zero-order chi connectivity index (χ0) is 15.1. The number of aliphatic imine (C=N–C) groups is 1. The predicted molar refractivity (Wildman–Crippen MR) is 85.8 cm³/mol. The molecule has 0 aliphatic heterocycles. The average Bonchev–Trinajstić information content (AvgIpc) is 2.52. The summed E-state index contributed by atoms with van der Waals surface area (Å²) in [6, 6.07) is 13.6. The number of terminal acetylenes is 1. The van der Waals surface area contributed by atoms with Crippen LogP contribution in [0.5, 0.6) is 11.5 Å². The highest BCUT2D eigenvalue weighted by molar-refractivity contribution is 5.83. The van der Waals surface area contributed by atoms with Crippen molar-refractivity contribution in [2.75, 3.05) is 13.7 Å². The molecular formula is C18H17NO2. The third-order valence-corrected chi connectivity index (χ3v) is 2.97. The van der Waals surface area contributed by atoms with E-state index in [1.165, 1.54) is 0 Å². The van der Waals surface area contributed by atoms with Crippen molar-refractivity contribution < 1.29 is 9.47 Å². The van der Waals surface area contributed by atoms with Crippen LogP contribution in [0.4, 0.5) is 5.69 Å². The number of ether oxygens (including phenoxy) is 2. The molecule has 0 aliphatic carbocycles. The van der Waals surface area contributed by atoms with E-state index in [9.17, 15) is 0 Å². The maximum atomic E-state index is 5.41. The fourth-order valence-corrected chi connectivity index (χ4v) is 1.86. The Balaban J connectivity index is 2.21. The van der Waals surface area contributed by atoms with Gasteiger partial charge in [0.15, 0.2) is 11.5 Å². The van der Waals surface area contributed by atoms with E-state index in [-0.39, 0.29) is 6.61 Å². The smallest absolute Gasteiger partial charge is 0.162 e. The van der Waals surface area contributed by atoms with E-state index < -0.39 is 0 Å². The Labute approximate surface area is 125 Å². The van der Waals surface area contributed by atoms with Crippen molar-refractivity contribution >= 4 is 11.9 Å². The minimum absolute atomic E-state index is 0.215. The Hall–Kier alpha value is -2.73. The molecule has 0 saturated carbocycles. The van der Waals surface area contributed by atoms with Crippen molar-refractivity contribution in [2.24, 2.45) is 4.99 Å². The van der Waals surface area contributed by atoms with Crippen molar-refractivity contribution in [1.82, 2.24) is 0 Å². The van der Waals surface area contributed by atoms with Gasteiger partial charge in [-0.1, -0.05) is 24.1 Å². The highest BCUT2D eigenvalue weighted by Crippen LogP contribution is 2.27. The Morgan fingerprint density at radius 3 is 2.71 bits per heavy atom. The van der Waals surface area contributed by atoms with Crippen molar-refractivity contribution in [3.8, 4) is 23.8 Å². The molecule has 0 bridgehead atoms. The molecule has 0 N–H and O–H groups in total. The summed E-state index contributed by atoms with van der Waals surface area (Å²) in [5.41, 5.74) is 3.02. The summed E-state index contributed by atoms with van der Waals surface area (Å²) < 4.78 is 10.7. The minimum atomic E-state index is 0.215. The zero-order valence-electron chi connectivity index (χ0n) is 12.2. The van der Waals surface area contributed by atoms with Crippen LogP contribution in [-0.4, -0.2) is 19.9 Å². The number of aryl methyl sites for hydroxylation is 1. The van der Waals surface area contributed by atoms with Crippen molar-refractivity contribution in [3.63, 3.8) is 0 Å². The van der Waals surface area contributed by atoms with Gasteiger partial charge in [0, 0.05) is 6.21 Å². The summed E-state index contributed by atoms with van der Waals surface area (Å²) in [4.78, 5) is 4.49. The second kappa shape index (κ2) is 7.16. The van der Waals surface area contributed by atoms with Gasteiger partial charge in [-0.05, 0) is 42.3 Å². The van der Waals surface area contributed by atoms with E-state index in [4.69, 9.17) is 15.9 Å². The van der Waals surface area contributed by atoms with E-state index in [1.54, 1.807) is 13.3 Å². The van der Waals surface area contributed by atoms with Gasteiger partial charge in [-0.15, -0.1) is 6.42 Å². The molecule has 3 heteroatoms. The highest BCUT2D eigenvalue weighted by Gasteiger charge is 2.04. The third-order valence-electron chi connectivity index (χ3n) is 2.97. The number of hydrogen-bond acceptors (Lipinski definition) is 3. The fourth-order valence-electron chi connectivity index (χ4n) is 1.86. The minimum Gasteiger partial charge on any atom is -0.493 e. The van der Waals surface area contributed by atoms with Gasteiger partial charge in [-0.2, -0.15) is 0 Å². The molecule has 0 saturated heterocycles. The molecule has 2 aromatic rings. The highest BCUT2D eigenvalue weighted by atomic mass is 16.5. The van der Waals surface area contributed by atoms with Gasteiger partial charge in [0.2, 0.25) is 0 Å². The monoisotopic (exact) mass is 279 g/mol. The van der Waals surface area contributed by atoms with Crippen LogP contribution in [0.1, 0.15) is 11.1 Å².